The van der Waals surface area contributed by atoms with Gasteiger partial charge >= 0.3 is 11.9 Å². The van der Waals surface area contributed by atoms with Crippen molar-refractivity contribution in [3.05, 3.63) is 0 Å². The molecule has 4 nitrogen and oxygen atoms in total. The van der Waals surface area contributed by atoms with Crippen molar-refractivity contribution in [2.24, 2.45) is 0 Å². The summed E-state index contributed by atoms with van der Waals surface area (Å²) in [6.45, 7) is 4.16. The lowest BCUT2D eigenvalue weighted by atomic mass is 10.1. The van der Waals surface area contributed by atoms with E-state index in [4.69, 9.17) is 10.2 Å². The van der Waals surface area contributed by atoms with Gasteiger partial charge in [-0.25, -0.2) is 0 Å². The Kier molecular flexibility index (Phi) is 5.49. The van der Waals surface area contributed by atoms with Crippen LogP contribution < -0.4 is 0 Å². The van der Waals surface area contributed by atoms with Crippen molar-refractivity contribution in [2.75, 3.05) is 4.95 Å². The minimum absolute atomic E-state index is 0.114. The maximum Gasteiger partial charge on any atom is 0.332 e. The van der Waals surface area contributed by atoms with Gasteiger partial charge in [0.2, 0.25) is 4.32 Å². The fourth-order valence-electron chi connectivity index (χ4n) is 0.883. The predicted molar refractivity (Wildman–Crippen MR) is 67.6 cm³/mol. The smallest absolute Gasteiger partial charge is 0.332 e. The van der Waals surface area contributed by atoms with E-state index in [1.165, 1.54) is 0 Å². The molecule has 0 aromatic carbocycles. The first-order chi connectivity index (χ1) is 6.65. The van der Waals surface area contributed by atoms with E-state index >= 15 is 0 Å². The fourth-order valence-corrected chi connectivity index (χ4v) is 3.47. The highest BCUT2D eigenvalue weighted by molar-refractivity contribution is 9.10. The van der Waals surface area contributed by atoms with Crippen LogP contribution in [0, 0.1) is 0 Å². The van der Waals surface area contributed by atoms with Crippen molar-refractivity contribution in [1.29, 1.82) is 0 Å². The zero-order valence-electron chi connectivity index (χ0n) is 8.59. The van der Waals surface area contributed by atoms with Crippen molar-refractivity contribution >= 4 is 51.9 Å². The molecule has 0 fully saturated rings. The summed E-state index contributed by atoms with van der Waals surface area (Å²) in [5, 5.41) is 17.7. The number of alkyl halides is 2. The molecular weight excluding hydrogens is 348 g/mol. The van der Waals surface area contributed by atoms with E-state index in [1.54, 1.807) is 0 Å². The third-order valence-corrected chi connectivity index (χ3v) is 10.1. The van der Waals surface area contributed by atoms with E-state index in [2.05, 4.69) is 45.0 Å². The van der Waals surface area contributed by atoms with Crippen LogP contribution >= 0.6 is 31.9 Å². The van der Waals surface area contributed by atoms with Gasteiger partial charge < -0.3 is 10.2 Å². The van der Waals surface area contributed by atoms with Gasteiger partial charge in [0.25, 0.3) is 0 Å². The molecule has 0 rings (SSSR count). The summed E-state index contributed by atoms with van der Waals surface area (Å²) >= 11 is 6.17. The first kappa shape index (κ1) is 15.1. The van der Waals surface area contributed by atoms with Crippen LogP contribution in [0.1, 0.15) is 6.42 Å². The Morgan fingerprint density at radius 2 is 1.67 bits per heavy atom. The summed E-state index contributed by atoms with van der Waals surface area (Å²) in [7, 11) is -1.52. The average molecular weight is 362 g/mol. The Hall–Kier alpha value is 0.117. The summed E-state index contributed by atoms with van der Waals surface area (Å²) in [5.41, 5.74) is 0. The maximum absolute atomic E-state index is 10.8. The lowest BCUT2D eigenvalue weighted by Gasteiger charge is -2.24. The van der Waals surface area contributed by atoms with Crippen LogP contribution in [0.25, 0.3) is 0 Å². The second-order valence-corrected chi connectivity index (χ2v) is 12.3. The van der Waals surface area contributed by atoms with Crippen LogP contribution in [0.5, 0.6) is 0 Å². The lowest BCUT2D eigenvalue weighted by molar-refractivity contribution is -0.151. The number of carboxylic acids is 2. The molecule has 88 valence electrons. The molecule has 0 aliphatic carbocycles. The van der Waals surface area contributed by atoms with E-state index < -0.39 is 24.3 Å². The van der Waals surface area contributed by atoms with E-state index in [0.717, 1.165) is 4.95 Å². The molecule has 0 radical (unpaired) electrons. The maximum atomic E-state index is 10.8. The van der Waals surface area contributed by atoms with Gasteiger partial charge in [0.15, 0.2) is 0 Å². The summed E-state index contributed by atoms with van der Waals surface area (Å²) in [6, 6.07) is 0.641. The Labute approximate surface area is 106 Å². The lowest BCUT2D eigenvalue weighted by Crippen LogP contribution is -2.43. The standard InChI is InChI=1S/C8H14Br2O4Si/c1-15(2,5-9)4-3-8(10,6(11)12)7(13)14/h3-5H2,1-2H3,(H,11,12)(H,13,14). The van der Waals surface area contributed by atoms with Gasteiger partial charge in [-0.05, 0) is 11.4 Å². The Morgan fingerprint density at radius 3 is 1.93 bits per heavy atom. The number of hydrogen-bond acceptors (Lipinski definition) is 2. The van der Waals surface area contributed by atoms with E-state index in [0.29, 0.717) is 6.04 Å². The molecule has 7 heteroatoms. The summed E-state index contributed by atoms with van der Waals surface area (Å²) in [6.07, 6.45) is 0.114. The topological polar surface area (TPSA) is 74.6 Å². The molecule has 0 aliphatic heterocycles. The zero-order chi connectivity index (χ0) is 12.3. The first-order valence-corrected chi connectivity index (χ1v) is 9.70. The van der Waals surface area contributed by atoms with Gasteiger partial charge in [0, 0.05) is 0 Å². The van der Waals surface area contributed by atoms with Crippen LogP contribution in [0.2, 0.25) is 19.1 Å². The summed E-state index contributed by atoms with van der Waals surface area (Å²) in [5.74, 6) is -2.68. The largest absolute Gasteiger partial charge is 0.480 e. The third-order valence-electron chi connectivity index (χ3n) is 2.19. The number of carboxylic acid groups (broad SMARTS) is 2. The second kappa shape index (κ2) is 5.45. The SMILES string of the molecule is C[Si](C)(CBr)CCC(Br)(C(=O)O)C(=O)O. The highest BCUT2D eigenvalue weighted by Crippen LogP contribution is 2.29. The van der Waals surface area contributed by atoms with Crippen molar-refractivity contribution in [3.63, 3.8) is 0 Å². The quantitative estimate of drug-likeness (QED) is 0.432. The van der Waals surface area contributed by atoms with Crippen LogP contribution in [0.4, 0.5) is 0 Å². The molecule has 0 atom stereocenters. The summed E-state index contributed by atoms with van der Waals surface area (Å²) in [4.78, 5) is 22.5. The van der Waals surface area contributed by atoms with E-state index in [-0.39, 0.29) is 6.42 Å². The number of aliphatic carboxylic acids is 2. The molecule has 0 bridgehead atoms. The number of rotatable bonds is 6. The van der Waals surface area contributed by atoms with Gasteiger partial charge in [0.1, 0.15) is 0 Å². The van der Waals surface area contributed by atoms with E-state index in [9.17, 15) is 9.59 Å². The Morgan fingerprint density at radius 1 is 1.27 bits per heavy atom. The van der Waals surface area contributed by atoms with Gasteiger partial charge in [-0.2, -0.15) is 0 Å². The molecule has 0 heterocycles. The zero-order valence-corrected chi connectivity index (χ0v) is 12.8. The van der Waals surface area contributed by atoms with Crippen LogP contribution in [0.15, 0.2) is 0 Å². The van der Waals surface area contributed by atoms with Gasteiger partial charge in [-0.3, -0.25) is 9.59 Å². The van der Waals surface area contributed by atoms with Crippen LogP contribution in [-0.4, -0.2) is 39.5 Å². The van der Waals surface area contributed by atoms with Crippen molar-refractivity contribution in [2.45, 2.75) is 29.9 Å². The molecule has 0 saturated carbocycles. The molecule has 0 saturated heterocycles. The molecule has 0 aromatic heterocycles. The molecule has 0 unspecified atom stereocenters. The molecule has 0 spiro atoms. The number of halogens is 2. The fraction of sp³-hybridized carbons (Fsp3) is 0.750. The molecular formula is C8H14Br2O4Si. The number of carbonyl (C=O) groups is 2. The molecule has 2 N–H and O–H groups in total. The van der Waals surface area contributed by atoms with Crippen molar-refractivity contribution < 1.29 is 19.8 Å². The van der Waals surface area contributed by atoms with Crippen LogP contribution in [0.3, 0.4) is 0 Å². The predicted octanol–water partition coefficient (Wildman–Crippen LogP) is 2.32. The van der Waals surface area contributed by atoms with Gasteiger partial charge in [0.05, 0.1) is 8.07 Å². The summed E-state index contributed by atoms with van der Waals surface area (Å²) < 4.78 is -1.83. The van der Waals surface area contributed by atoms with Gasteiger partial charge in [-0.1, -0.05) is 51.0 Å². The highest BCUT2D eigenvalue weighted by atomic mass is 79.9. The Bertz CT molecular complexity index is 253. The van der Waals surface area contributed by atoms with Crippen molar-refractivity contribution in [3.8, 4) is 0 Å². The minimum Gasteiger partial charge on any atom is -0.480 e. The normalized spacial score (nSPS) is 12.5. The molecule has 0 amide bonds. The van der Waals surface area contributed by atoms with E-state index in [1.807, 2.05) is 0 Å². The third kappa shape index (κ3) is 4.24. The minimum atomic E-state index is -1.83. The average Bonchev–Trinajstić information content (AvgIpc) is 2.13. The monoisotopic (exact) mass is 360 g/mol. The molecule has 0 aliphatic rings. The highest BCUT2D eigenvalue weighted by Gasteiger charge is 2.44. The van der Waals surface area contributed by atoms with Crippen molar-refractivity contribution in [1.82, 2.24) is 0 Å². The Balaban J connectivity index is 4.60. The van der Waals surface area contributed by atoms with Gasteiger partial charge in [-0.15, -0.1) is 0 Å². The van der Waals surface area contributed by atoms with Crippen LogP contribution in [-0.2, 0) is 9.59 Å². The number of hydrogen-bond donors (Lipinski definition) is 2. The first-order valence-electron chi connectivity index (χ1n) is 4.37. The second-order valence-electron chi connectivity index (χ2n) is 4.21. The molecule has 15 heavy (non-hydrogen) atoms. The molecule has 0 aromatic rings.